The molecule has 1 saturated carbocycles. The molecule has 5 heteroatoms. The molecular weight excluding hydrogens is 342 g/mol. The van der Waals surface area contributed by atoms with Crippen LogP contribution in [0.5, 0.6) is 5.75 Å². The molecule has 0 unspecified atom stereocenters. The summed E-state index contributed by atoms with van der Waals surface area (Å²) in [6.07, 6.45) is 4.36. The van der Waals surface area contributed by atoms with Crippen LogP contribution in [0.3, 0.4) is 0 Å². The van der Waals surface area contributed by atoms with Gasteiger partial charge in [-0.05, 0) is 53.0 Å². The van der Waals surface area contributed by atoms with Gasteiger partial charge in [0.2, 0.25) is 0 Å². The second-order valence-corrected chi connectivity index (χ2v) is 6.23. The third kappa shape index (κ3) is 3.78. The number of benzene rings is 1. The monoisotopic (exact) mass is 355 g/mol. The second-order valence-electron chi connectivity index (χ2n) is 4.94. The first-order chi connectivity index (χ1) is 9.70. The Hall–Kier alpha value is -0.970. The minimum atomic E-state index is 0.406. The maximum Gasteiger partial charge on any atom is 0.146 e. The Morgan fingerprint density at radius 1 is 1.35 bits per heavy atom. The van der Waals surface area contributed by atoms with E-state index in [-0.39, 0.29) is 0 Å². The number of hydrogen-bond donors (Lipinski definition) is 1. The van der Waals surface area contributed by atoms with Crippen molar-refractivity contribution in [3.63, 3.8) is 0 Å². The number of hydrogen-bond acceptors (Lipinski definition) is 3. The van der Waals surface area contributed by atoms with E-state index in [4.69, 9.17) is 20.8 Å². The van der Waals surface area contributed by atoms with Gasteiger partial charge in [0.25, 0.3) is 0 Å². The second kappa shape index (κ2) is 6.20. The van der Waals surface area contributed by atoms with Crippen molar-refractivity contribution in [2.45, 2.75) is 32.0 Å². The zero-order chi connectivity index (χ0) is 13.9. The van der Waals surface area contributed by atoms with Gasteiger partial charge in [-0.1, -0.05) is 11.6 Å². The summed E-state index contributed by atoms with van der Waals surface area (Å²) in [5, 5.41) is 4.13. The topological polar surface area (TPSA) is 34.4 Å². The van der Waals surface area contributed by atoms with Crippen molar-refractivity contribution in [1.29, 1.82) is 0 Å². The Labute approximate surface area is 131 Å². The summed E-state index contributed by atoms with van der Waals surface area (Å²) in [6, 6.07) is 8.18. The minimum Gasteiger partial charge on any atom is -0.484 e. The summed E-state index contributed by atoms with van der Waals surface area (Å²) in [7, 11) is 0. The summed E-state index contributed by atoms with van der Waals surface area (Å²) in [5.41, 5.74) is 1.16. The van der Waals surface area contributed by atoms with E-state index >= 15 is 0 Å². The quantitative estimate of drug-likeness (QED) is 0.826. The van der Waals surface area contributed by atoms with Gasteiger partial charge in [-0.3, -0.25) is 0 Å². The van der Waals surface area contributed by atoms with Crippen LogP contribution in [0.2, 0.25) is 5.02 Å². The molecule has 1 aliphatic carbocycles. The highest BCUT2D eigenvalue weighted by Gasteiger charge is 2.20. The number of furan rings is 1. The first kappa shape index (κ1) is 14.0. The van der Waals surface area contributed by atoms with Gasteiger partial charge in [0.05, 0.1) is 10.7 Å². The molecule has 2 aromatic rings. The number of rotatable bonds is 6. The molecule has 3 rings (SSSR count). The normalized spacial score (nSPS) is 14.5. The third-order valence-electron chi connectivity index (χ3n) is 3.14. The van der Waals surface area contributed by atoms with Crippen molar-refractivity contribution in [3.05, 3.63) is 51.3 Å². The van der Waals surface area contributed by atoms with Gasteiger partial charge in [0.1, 0.15) is 18.1 Å². The fraction of sp³-hybridized carbons (Fsp3) is 0.333. The van der Waals surface area contributed by atoms with Crippen molar-refractivity contribution < 1.29 is 9.15 Å². The van der Waals surface area contributed by atoms with Crippen LogP contribution < -0.4 is 10.1 Å². The molecule has 0 amide bonds. The van der Waals surface area contributed by atoms with Crippen LogP contribution in [0.1, 0.15) is 24.2 Å². The molecule has 0 bridgehead atoms. The fourth-order valence-corrected chi connectivity index (χ4v) is 2.68. The highest BCUT2D eigenvalue weighted by Crippen LogP contribution is 2.28. The lowest BCUT2D eigenvalue weighted by molar-refractivity contribution is 0.269. The van der Waals surface area contributed by atoms with E-state index in [0.717, 1.165) is 28.1 Å². The third-order valence-corrected chi connectivity index (χ3v) is 4.00. The largest absolute Gasteiger partial charge is 0.484 e. The average Bonchev–Trinajstić information content (AvgIpc) is 3.14. The molecular formula is C15H15BrClNO2. The molecule has 0 spiro atoms. The van der Waals surface area contributed by atoms with E-state index < -0.39 is 0 Å². The van der Waals surface area contributed by atoms with Gasteiger partial charge in [-0.2, -0.15) is 0 Å². The Bertz CT molecular complexity index is 595. The predicted molar refractivity (Wildman–Crippen MR) is 82.1 cm³/mol. The zero-order valence-electron chi connectivity index (χ0n) is 10.9. The van der Waals surface area contributed by atoms with E-state index in [9.17, 15) is 0 Å². The fourth-order valence-electron chi connectivity index (χ4n) is 1.89. The molecule has 3 nitrogen and oxygen atoms in total. The standard InChI is InChI=1S/C15H15BrClNO2/c16-14-6-11(17)1-4-15(14)20-9-13-5-10(8-19-13)7-18-12-2-3-12/h1,4-6,8,12,18H,2-3,7,9H2. The van der Waals surface area contributed by atoms with Crippen molar-refractivity contribution >= 4 is 27.5 Å². The Kier molecular flexibility index (Phi) is 4.34. The SMILES string of the molecule is Clc1ccc(OCc2cc(CNC3CC3)co2)c(Br)c1. The molecule has 1 aromatic carbocycles. The molecule has 1 aliphatic rings. The minimum absolute atomic E-state index is 0.406. The molecule has 0 saturated heterocycles. The van der Waals surface area contributed by atoms with Crippen LogP contribution in [-0.4, -0.2) is 6.04 Å². The lowest BCUT2D eigenvalue weighted by atomic mass is 10.3. The molecule has 1 N–H and O–H groups in total. The Morgan fingerprint density at radius 2 is 2.20 bits per heavy atom. The molecule has 1 fully saturated rings. The molecule has 1 aromatic heterocycles. The van der Waals surface area contributed by atoms with E-state index in [1.165, 1.54) is 12.8 Å². The summed E-state index contributed by atoms with van der Waals surface area (Å²) < 4.78 is 12.0. The maximum absolute atomic E-state index is 5.89. The Morgan fingerprint density at radius 3 is 2.95 bits per heavy atom. The van der Waals surface area contributed by atoms with E-state index in [1.54, 1.807) is 12.3 Å². The molecule has 1 heterocycles. The molecule has 0 radical (unpaired) electrons. The smallest absolute Gasteiger partial charge is 0.146 e. The number of nitrogens with one attached hydrogen (secondary N) is 1. The lowest BCUT2D eigenvalue weighted by Gasteiger charge is -2.06. The molecule has 0 atom stereocenters. The van der Waals surface area contributed by atoms with Crippen LogP contribution >= 0.6 is 27.5 Å². The van der Waals surface area contributed by atoms with Crippen LogP contribution in [0.25, 0.3) is 0 Å². The predicted octanol–water partition coefficient (Wildman–Crippen LogP) is 4.53. The summed E-state index contributed by atoms with van der Waals surface area (Å²) in [5.74, 6) is 1.57. The first-order valence-corrected chi connectivity index (χ1v) is 7.75. The maximum atomic E-state index is 5.89. The molecule has 0 aliphatic heterocycles. The summed E-state index contributed by atoms with van der Waals surface area (Å²) >= 11 is 9.32. The van der Waals surface area contributed by atoms with Gasteiger partial charge >= 0.3 is 0 Å². The average molecular weight is 357 g/mol. The van der Waals surface area contributed by atoms with Crippen LogP contribution in [0.4, 0.5) is 0 Å². The highest BCUT2D eigenvalue weighted by molar-refractivity contribution is 9.10. The summed E-state index contributed by atoms with van der Waals surface area (Å²) in [6.45, 7) is 1.27. The molecule has 106 valence electrons. The van der Waals surface area contributed by atoms with Crippen LogP contribution in [0, 0.1) is 0 Å². The summed E-state index contributed by atoms with van der Waals surface area (Å²) in [4.78, 5) is 0. The van der Waals surface area contributed by atoms with Crippen molar-refractivity contribution in [3.8, 4) is 5.75 Å². The van der Waals surface area contributed by atoms with Crippen LogP contribution in [0.15, 0.2) is 39.4 Å². The first-order valence-electron chi connectivity index (χ1n) is 6.58. The van der Waals surface area contributed by atoms with Gasteiger partial charge < -0.3 is 14.5 Å². The lowest BCUT2D eigenvalue weighted by Crippen LogP contribution is -2.14. The van der Waals surface area contributed by atoms with Crippen LogP contribution in [-0.2, 0) is 13.2 Å². The number of ether oxygens (including phenoxy) is 1. The zero-order valence-corrected chi connectivity index (χ0v) is 13.2. The van der Waals surface area contributed by atoms with Gasteiger partial charge in [-0.25, -0.2) is 0 Å². The Balaban J connectivity index is 1.54. The van der Waals surface area contributed by atoms with Gasteiger partial charge in [0.15, 0.2) is 0 Å². The number of halogens is 2. The van der Waals surface area contributed by atoms with E-state index in [1.807, 2.05) is 18.2 Å². The van der Waals surface area contributed by atoms with Crippen molar-refractivity contribution in [2.75, 3.05) is 0 Å². The van der Waals surface area contributed by atoms with Crippen molar-refractivity contribution in [1.82, 2.24) is 5.32 Å². The van der Waals surface area contributed by atoms with E-state index in [2.05, 4.69) is 21.2 Å². The highest BCUT2D eigenvalue weighted by atomic mass is 79.9. The van der Waals surface area contributed by atoms with Gasteiger partial charge in [0, 0.05) is 23.2 Å². The van der Waals surface area contributed by atoms with E-state index in [0.29, 0.717) is 17.7 Å². The molecule has 20 heavy (non-hydrogen) atoms. The van der Waals surface area contributed by atoms with Gasteiger partial charge in [-0.15, -0.1) is 0 Å². The van der Waals surface area contributed by atoms with Crippen molar-refractivity contribution in [2.24, 2.45) is 0 Å².